The molecule has 1 amide bonds. The molecule has 0 bridgehead atoms. The Balaban J connectivity index is 1.87. The predicted molar refractivity (Wildman–Crippen MR) is 352 cm³/mol. The summed E-state index contributed by atoms with van der Waals surface area (Å²) in [6.07, 6.45) is 68.1. The van der Waals surface area contributed by atoms with Crippen LogP contribution in [0.5, 0.6) is 0 Å². The number of hydrogen-bond acceptors (Lipinski definition) is 10. The van der Waals surface area contributed by atoms with Gasteiger partial charge in [0.15, 0.2) is 6.29 Å². The molecule has 7 atom stereocenters. The number of amides is 1. The van der Waals surface area contributed by atoms with Gasteiger partial charge in [-0.3, -0.25) is 9.59 Å². The Labute approximate surface area is 519 Å². The van der Waals surface area contributed by atoms with Crippen molar-refractivity contribution in [3.63, 3.8) is 0 Å². The van der Waals surface area contributed by atoms with E-state index >= 15 is 0 Å². The number of carbonyl (C=O) groups is 2. The van der Waals surface area contributed by atoms with Gasteiger partial charge in [0.25, 0.3) is 0 Å². The van der Waals surface area contributed by atoms with E-state index in [4.69, 9.17) is 14.2 Å². The molecule has 0 aromatic heterocycles. The highest BCUT2D eigenvalue weighted by Gasteiger charge is 2.44. The van der Waals surface area contributed by atoms with Crippen molar-refractivity contribution in [3.8, 4) is 0 Å². The summed E-state index contributed by atoms with van der Waals surface area (Å²) < 4.78 is 16.7. The summed E-state index contributed by atoms with van der Waals surface area (Å²) in [6, 6.07) is -0.805. The smallest absolute Gasteiger partial charge is 0.305 e. The van der Waals surface area contributed by atoms with Crippen molar-refractivity contribution in [3.05, 3.63) is 12.2 Å². The average molecular weight is 1190 g/mol. The standard InChI is InChI=1S/C73H141NO10/c1-3-5-7-9-11-13-14-15-16-17-28-32-35-38-41-45-49-53-57-61-69(78)82-62-58-54-50-46-42-39-36-33-30-27-25-23-21-19-18-20-22-24-26-29-31-34-37-40-44-48-52-56-60-68(77)74-65(66(76)59-55-51-47-43-12-10-8-6-4-2)64-83-73-72(81)71(80)70(79)67(63-75)84-73/h55,59,65-67,70-73,75-76,79-81H,3-54,56-58,60-64H2,1-2H3,(H,74,77)/b59-55+. The molecule has 1 fully saturated rings. The number of aliphatic hydroxyl groups is 5. The van der Waals surface area contributed by atoms with Crippen molar-refractivity contribution in [2.45, 2.75) is 423 Å². The van der Waals surface area contributed by atoms with Gasteiger partial charge in [0, 0.05) is 12.8 Å². The molecule has 0 saturated carbocycles. The fourth-order valence-electron chi connectivity index (χ4n) is 12.1. The van der Waals surface area contributed by atoms with Gasteiger partial charge in [-0.15, -0.1) is 0 Å². The van der Waals surface area contributed by atoms with Gasteiger partial charge in [0.2, 0.25) is 5.91 Å². The maximum absolute atomic E-state index is 13.0. The highest BCUT2D eigenvalue weighted by molar-refractivity contribution is 5.76. The lowest BCUT2D eigenvalue weighted by Gasteiger charge is -2.40. The third kappa shape index (κ3) is 51.3. The Morgan fingerprint density at radius 1 is 0.429 bits per heavy atom. The Morgan fingerprint density at radius 3 is 1.11 bits per heavy atom. The van der Waals surface area contributed by atoms with Crippen molar-refractivity contribution in [1.29, 1.82) is 0 Å². The Kier molecular flexibility index (Phi) is 60.3. The number of carbonyl (C=O) groups excluding carboxylic acids is 2. The van der Waals surface area contributed by atoms with E-state index < -0.39 is 49.5 Å². The van der Waals surface area contributed by atoms with E-state index in [1.807, 2.05) is 6.08 Å². The van der Waals surface area contributed by atoms with E-state index in [-0.39, 0.29) is 18.5 Å². The third-order valence-electron chi connectivity index (χ3n) is 17.9. The van der Waals surface area contributed by atoms with Crippen LogP contribution in [0.25, 0.3) is 0 Å². The predicted octanol–water partition coefficient (Wildman–Crippen LogP) is 19.0. The van der Waals surface area contributed by atoms with Crippen molar-refractivity contribution < 1.29 is 49.3 Å². The molecule has 11 nitrogen and oxygen atoms in total. The van der Waals surface area contributed by atoms with Crippen LogP contribution in [0.1, 0.15) is 380 Å². The first kappa shape index (κ1) is 80.4. The summed E-state index contributed by atoms with van der Waals surface area (Å²) in [6.45, 7) is 4.37. The molecule has 1 aliphatic heterocycles. The van der Waals surface area contributed by atoms with Crippen molar-refractivity contribution in [1.82, 2.24) is 5.32 Å². The first-order valence-corrected chi connectivity index (χ1v) is 37.0. The Bertz CT molecular complexity index is 1400. The number of hydrogen-bond donors (Lipinski definition) is 6. The zero-order valence-electron chi connectivity index (χ0n) is 55.4. The molecule has 0 radical (unpaired) electrons. The first-order chi connectivity index (χ1) is 41.2. The minimum absolute atomic E-state index is 0.0154. The molecule has 498 valence electrons. The number of unbranched alkanes of at least 4 members (excludes halogenated alkanes) is 52. The number of allylic oxidation sites excluding steroid dienone is 1. The van der Waals surface area contributed by atoms with E-state index in [0.29, 0.717) is 19.4 Å². The average Bonchev–Trinajstić information content (AvgIpc) is 3.44. The molecule has 1 saturated heterocycles. The molecule has 84 heavy (non-hydrogen) atoms. The van der Waals surface area contributed by atoms with Crippen LogP contribution in [0, 0.1) is 0 Å². The van der Waals surface area contributed by atoms with E-state index in [2.05, 4.69) is 19.2 Å². The number of aliphatic hydroxyl groups excluding tert-OH is 5. The highest BCUT2D eigenvalue weighted by atomic mass is 16.7. The second kappa shape index (κ2) is 63.0. The van der Waals surface area contributed by atoms with E-state index in [0.717, 1.165) is 51.4 Å². The van der Waals surface area contributed by atoms with Gasteiger partial charge in [0.05, 0.1) is 32.0 Å². The lowest BCUT2D eigenvalue weighted by Crippen LogP contribution is -2.60. The summed E-state index contributed by atoms with van der Waals surface area (Å²) >= 11 is 0. The topological polar surface area (TPSA) is 175 Å². The quantitative estimate of drug-likeness (QED) is 0.0195. The van der Waals surface area contributed by atoms with Crippen LogP contribution in [0.4, 0.5) is 0 Å². The van der Waals surface area contributed by atoms with Crippen LogP contribution in [0.15, 0.2) is 12.2 Å². The van der Waals surface area contributed by atoms with Crippen molar-refractivity contribution in [2.75, 3.05) is 19.8 Å². The lowest BCUT2D eigenvalue weighted by atomic mass is 9.99. The van der Waals surface area contributed by atoms with Crippen LogP contribution >= 0.6 is 0 Å². The minimum atomic E-state index is -1.57. The number of esters is 1. The largest absolute Gasteiger partial charge is 0.466 e. The van der Waals surface area contributed by atoms with Crippen molar-refractivity contribution >= 4 is 11.9 Å². The monoisotopic (exact) mass is 1190 g/mol. The van der Waals surface area contributed by atoms with Crippen LogP contribution in [0.3, 0.4) is 0 Å². The van der Waals surface area contributed by atoms with Crippen LogP contribution < -0.4 is 5.32 Å². The van der Waals surface area contributed by atoms with Crippen LogP contribution in [-0.4, -0.2) is 100 Å². The third-order valence-corrected chi connectivity index (χ3v) is 17.9. The normalized spacial score (nSPS) is 18.0. The Hall–Kier alpha value is -1.60. The molecule has 0 spiro atoms. The van der Waals surface area contributed by atoms with E-state index in [1.165, 1.54) is 302 Å². The molecular formula is C73H141NO10. The maximum Gasteiger partial charge on any atom is 0.305 e. The van der Waals surface area contributed by atoms with Crippen LogP contribution in [-0.2, 0) is 23.8 Å². The molecule has 1 heterocycles. The fraction of sp³-hybridized carbons (Fsp3) is 0.945. The van der Waals surface area contributed by atoms with E-state index in [9.17, 15) is 35.1 Å². The maximum atomic E-state index is 13.0. The van der Waals surface area contributed by atoms with Gasteiger partial charge < -0.3 is 45.1 Å². The minimum Gasteiger partial charge on any atom is -0.466 e. The molecule has 0 aromatic rings. The molecular weight excluding hydrogens is 1050 g/mol. The summed E-state index contributed by atoms with van der Waals surface area (Å²) in [5.74, 6) is -0.163. The highest BCUT2D eigenvalue weighted by Crippen LogP contribution is 2.24. The van der Waals surface area contributed by atoms with Gasteiger partial charge in [-0.25, -0.2) is 0 Å². The van der Waals surface area contributed by atoms with Crippen LogP contribution in [0.2, 0.25) is 0 Å². The first-order valence-electron chi connectivity index (χ1n) is 37.0. The summed E-state index contributed by atoms with van der Waals surface area (Å²) in [4.78, 5) is 25.2. The molecule has 6 N–H and O–H groups in total. The molecule has 7 unspecified atom stereocenters. The number of ether oxygens (including phenoxy) is 3. The second-order valence-electron chi connectivity index (χ2n) is 26.0. The van der Waals surface area contributed by atoms with Gasteiger partial charge in [-0.2, -0.15) is 0 Å². The van der Waals surface area contributed by atoms with Gasteiger partial charge in [-0.05, 0) is 32.1 Å². The molecule has 11 heteroatoms. The number of rotatable bonds is 66. The zero-order valence-corrected chi connectivity index (χ0v) is 55.4. The summed E-state index contributed by atoms with van der Waals surface area (Å²) in [5.41, 5.74) is 0. The fourth-order valence-corrected chi connectivity index (χ4v) is 12.1. The number of nitrogens with one attached hydrogen (secondary N) is 1. The Morgan fingerprint density at radius 2 is 0.750 bits per heavy atom. The molecule has 0 aromatic carbocycles. The summed E-state index contributed by atoms with van der Waals surface area (Å²) in [7, 11) is 0. The van der Waals surface area contributed by atoms with Gasteiger partial charge in [0.1, 0.15) is 24.4 Å². The van der Waals surface area contributed by atoms with Gasteiger partial charge in [-0.1, -0.05) is 347 Å². The summed E-state index contributed by atoms with van der Waals surface area (Å²) in [5, 5.41) is 54.3. The molecule has 1 aliphatic rings. The van der Waals surface area contributed by atoms with Crippen molar-refractivity contribution in [2.24, 2.45) is 0 Å². The zero-order chi connectivity index (χ0) is 60.9. The second-order valence-corrected chi connectivity index (χ2v) is 26.0. The SMILES string of the molecule is CCCCCCCCC/C=C/C(O)C(COC1OC(CO)C(O)C(O)C1O)NC(=O)CCCCCCCCCCCCCCCCCCCCCCCCCCCCCCOC(=O)CCCCCCCCCCCCCCCCCCCCC. The molecule has 0 aliphatic carbocycles. The van der Waals surface area contributed by atoms with E-state index in [1.54, 1.807) is 6.08 Å². The molecule has 1 rings (SSSR count). The lowest BCUT2D eigenvalue weighted by molar-refractivity contribution is -0.302. The van der Waals surface area contributed by atoms with Gasteiger partial charge >= 0.3 is 5.97 Å².